The first-order valence-electron chi connectivity index (χ1n) is 15.6. The highest BCUT2D eigenvalue weighted by Crippen LogP contribution is 2.48. The highest BCUT2D eigenvalue weighted by atomic mass is 28.3. The van der Waals surface area contributed by atoms with Crippen molar-refractivity contribution in [2.45, 2.75) is 20.0 Å². The van der Waals surface area contributed by atoms with Gasteiger partial charge < -0.3 is 0 Å². The largest absolute Gasteiger partial charge is 0.113 e. The topological polar surface area (TPSA) is 0 Å². The van der Waals surface area contributed by atoms with Crippen molar-refractivity contribution < 1.29 is 0 Å². The molecule has 1 heterocycles. The van der Waals surface area contributed by atoms with Crippen LogP contribution in [0.25, 0.3) is 76.5 Å². The summed E-state index contributed by atoms with van der Waals surface area (Å²) in [6.07, 6.45) is 0. The maximum atomic E-state index is 2.51. The highest BCUT2D eigenvalue weighted by molar-refractivity contribution is 7.04. The number of aryl methyl sites for hydroxylation is 1. The van der Waals surface area contributed by atoms with Crippen molar-refractivity contribution in [2.75, 3.05) is 0 Å². The minimum atomic E-state index is -1.81. The van der Waals surface area contributed by atoms with Crippen LogP contribution in [0.3, 0.4) is 0 Å². The van der Waals surface area contributed by atoms with Gasteiger partial charge in [-0.3, -0.25) is 0 Å². The average molecular weight is 577 g/mol. The molecule has 208 valence electrons. The van der Waals surface area contributed by atoms with Crippen molar-refractivity contribution >= 4 is 61.5 Å². The fourth-order valence-electron chi connectivity index (χ4n) is 8.10. The van der Waals surface area contributed by atoms with Gasteiger partial charge in [0.2, 0.25) is 0 Å². The Labute approximate surface area is 259 Å². The molecule has 0 fully saturated rings. The normalized spacial score (nSPS) is 13.5. The van der Waals surface area contributed by atoms with E-state index >= 15 is 0 Å². The summed E-state index contributed by atoms with van der Waals surface area (Å²) < 4.78 is 0. The van der Waals surface area contributed by atoms with Crippen LogP contribution >= 0.6 is 0 Å². The lowest BCUT2D eigenvalue weighted by molar-refractivity contribution is 1.51. The van der Waals surface area contributed by atoms with E-state index in [9.17, 15) is 0 Å². The molecule has 0 amide bonds. The zero-order valence-corrected chi connectivity index (χ0v) is 26.3. The summed E-state index contributed by atoms with van der Waals surface area (Å²) in [4.78, 5) is 0. The number of benzene rings is 8. The van der Waals surface area contributed by atoms with E-state index in [1.807, 2.05) is 0 Å². The lowest BCUT2D eigenvalue weighted by Crippen LogP contribution is -2.49. The van der Waals surface area contributed by atoms with Crippen LogP contribution in [0.5, 0.6) is 0 Å². The molecule has 9 rings (SSSR count). The second kappa shape index (κ2) is 9.26. The lowest BCUT2D eigenvalue weighted by Gasteiger charge is -2.22. The van der Waals surface area contributed by atoms with E-state index in [1.54, 1.807) is 10.4 Å². The molecule has 0 unspecified atom stereocenters. The summed E-state index contributed by atoms with van der Waals surface area (Å²) in [6.45, 7) is 7.25. The Morgan fingerprint density at radius 2 is 0.932 bits per heavy atom. The molecule has 1 aliphatic heterocycles. The van der Waals surface area contributed by atoms with Gasteiger partial charge in [0.25, 0.3) is 0 Å². The van der Waals surface area contributed by atoms with Crippen LogP contribution in [0, 0.1) is 6.92 Å². The van der Waals surface area contributed by atoms with Gasteiger partial charge in [-0.15, -0.1) is 0 Å². The van der Waals surface area contributed by atoms with E-state index in [0.29, 0.717) is 0 Å². The van der Waals surface area contributed by atoms with E-state index in [2.05, 4.69) is 160 Å². The molecule has 0 saturated carbocycles. The Bertz CT molecular complexity index is 2480. The molecule has 0 saturated heterocycles. The fourth-order valence-corrected chi connectivity index (χ4v) is 11.2. The van der Waals surface area contributed by atoms with Crippen molar-refractivity contribution in [1.82, 2.24) is 0 Å². The van der Waals surface area contributed by atoms with Gasteiger partial charge >= 0.3 is 0 Å². The van der Waals surface area contributed by atoms with Gasteiger partial charge in [0.05, 0.1) is 0 Å². The summed E-state index contributed by atoms with van der Waals surface area (Å²) >= 11 is 0. The smallest absolute Gasteiger partial charge is 0.0623 e. The molecule has 0 nitrogen and oxygen atoms in total. The monoisotopic (exact) mass is 576 g/mol. The molecule has 0 spiro atoms. The molecule has 0 atom stereocenters. The SMILES string of the molecule is Cc1ccc2c(-c3cc4ccccc4c4ccccc34)c3ccccc3c(-c3cccc4c3-c3ccccc3[Si]4(C)C)c2c1. The molecular weight excluding hydrogens is 545 g/mol. The van der Waals surface area contributed by atoms with Crippen molar-refractivity contribution in [1.29, 1.82) is 0 Å². The molecule has 0 bridgehead atoms. The number of hydrogen-bond donors (Lipinski definition) is 0. The minimum absolute atomic E-state index is 1.28. The van der Waals surface area contributed by atoms with Crippen molar-refractivity contribution in [3.63, 3.8) is 0 Å². The third-order valence-corrected chi connectivity index (χ3v) is 13.6. The standard InChI is InChI=1S/C43H32Si/c1-27-23-24-34-37(25-27)42(36-20-12-22-40-43(36)35-19-10-11-21-39(35)44(40,2)3)33-18-9-8-17-32(33)41(34)38-26-28-13-4-5-14-29(28)30-15-6-7-16-31(30)38/h4-26H,1-3H3. The maximum absolute atomic E-state index is 2.51. The van der Waals surface area contributed by atoms with Gasteiger partial charge in [-0.2, -0.15) is 0 Å². The van der Waals surface area contributed by atoms with E-state index in [4.69, 9.17) is 0 Å². The first-order chi connectivity index (χ1) is 21.5. The third kappa shape index (κ3) is 3.45. The Balaban J connectivity index is 1.47. The Morgan fingerprint density at radius 1 is 0.364 bits per heavy atom. The Morgan fingerprint density at radius 3 is 1.73 bits per heavy atom. The second-order valence-electron chi connectivity index (χ2n) is 12.9. The first-order valence-corrected chi connectivity index (χ1v) is 18.6. The van der Waals surface area contributed by atoms with Gasteiger partial charge in [-0.05, 0) is 99.8 Å². The average Bonchev–Trinajstić information content (AvgIpc) is 3.30. The number of fused-ring (bicyclic) bond motifs is 8. The molecule has 0 aliphatic carbocycles. The quantitative estimate of drug-likeness (QED) is 0.109. The summed E-state index contributed by atoms with van der Waals surface area (Å²) in [7, 11) is -1.81. The van der Waals surface area contributed by atoms with Gasteiger partial charge in [0.15, 0.2) is 0 Å². The van der Waals surface area contributed by atoms with Crippen LogP contribution in [0.4, 0.5) is 0 Å². The van der Waals surface area contributed by atoms with Gasteiger partial charge in [-0.1, -0.05) is 152 Å². The summed E-state index contributed by atoms with van der Waals surface area (Å²) in [6, 6.07) is 52.6. The molecule has 1 aliphatic rings. The van der Waals surface area contributed by atoms with Crippen molar-refractivity contribution in [3.05, 3.63) is 145 Å². The van der Waals surface area contributed by atoms with Crippen LogP contribution in [0.2, 0.25) is 13.1 Å². The van der Waals surface area contributed by atoms with Crippen LogP contribution < -0.4 is 10.4 Å². The van der Waals surface area contributed by atoms with E-state index in [-0.39, 0.29) is 0 Å². The van der Waals surface area contributed by atoms with E-state index in [0.717, 1.165) is 0 Å². The van der Waals surface area contributed by atoms with Crippen LogP contribution in [-0.2, 0) is 0 Å². The van der Waals surface area contributed by atoms with Crippen LogP contribution in [0.15, 0.2) is 140 Å². The Kier molecular flexibility index (Phi) is 5.37. The number of hydrogen-bond acceptors (Lipinski definition) is 0. The van der Waals surface area contributed by atoms with Gasteiger partial charge in [0.1, 0.15) is 8.07 Å². The zero-order chi connectivity index (χ0) is 29.6. The fraction of sp³-hybridized carbons (Fsp3) is 0.0698. The second-order valence-corrected chi connectivity index (χ2v) is 17.3. The first kappa shape index (κ1) is 25.5. The summed E-state index contributed by atoms with van der Waals surface area (Å²) in [5.41, 5.74) is 9.48. The summed E-state index contributed by atoms with van der Waals surface area (Å²) in [5.74, 6) is 0. The molecule has 44 heavy (non-hydrogen) atoms. The van der Waals surface area contributed by atoms with Gasteiger partial charge in [-0.25, -0.2) is 0 Å². The Hall–Kier alpha value is -4.98. The third-order valence-electron chi connectivity index (χ3n) is 10.1. The minimum Gasteiger partial charge on any atom is -0.0623 e. The van der Waals surface area contributed by atoms with Gasteiger partial charge in [0, 0.05) is 0 Å². The maximum Gasteiger partial charge on any atom is 0.113 e. The summed E-state index contributed by atoms with van der Waals surface area (Å²) in [5, 5.41) is 13.5. The van der Waals surface area contributed by atoms with Crippen molar-refractivity contribution in [3.8, 4) is 33.4 Å². The highest BCUT2D eigenvalue weighted by Gasteiger charge is 2.38. The van der Waals surface area contributed by atoms with E-state index in [1.165, 1.54) is 82.0 Å². The molecule has 8 aromatic rings. The predicted molar refractivity (Wildman–Crippen MR) is 194 cm³/mol. The molecule has 8 aromatic carbocycles. The van der Waals surface area contributed by atoms with E-state index < -0.39 is 8.07 Å². The van der Waals surface area contributed by atoms with Crippen molar-refractivity contribution in [2.24, 2.45) is 0 Å². The molecule has 1 heteroatoms. The molecule has 0 N–H and O–H groups in total. The van der Waals surface area contributed by atoms with Crippen LogP contribution in [0.1, 0.15) is 5.56 Å². The molecular formula is C43H32Si. The van der Waals surface area contributed by atoms with Crippen LogP contribution in [-0.4, -0.2) is 8.07 Å². The zero-order valence-electron chi connectivity index (χ0n) is 25.3. The predicted octanol–water partition coefficient (Wildman–Crippen LogP) is 10.7. The molecule has 0 radical (unpaired) electrons. The molecule has 0 aromatic heterocycles. The lowest BCUT2D eigenvalue weighted by atomic mass is 9.82. The number of rotatable bonds is 2.